The van der Waals surface area contributed by atoms with Gasteiger partial charge >= 0.3 is 5.69 Å². The molecule has 0 spiro atoms. The summed E-state index contributed by atoms with van der Waals surface area (Å²) >= 11 is 6.41. The van der Waals surface area contributed by atoms with Crippen molar-refractivity contribution in [3.05, 3.63) is 68.9 Å². The van der Waals surface area contributed by atoms with Gasteiger partial charge in [0, 0.05) is 29.2 Å². The van der Waals surface area contributed by atoms with Gasteiger partial charge in [0.25, 0.3) is 5.91 Å². The molecule has 4 rings (SSSR count). The Labute approximate surface area is 191 Å². The van der Waals surface area contributed by atoms with E-state index in [2.05, 4.69) is 15.5 Å². The molecule has 8 heteroatoms. The number of rotatable bonds is 6. The number of halogens is 1. The fourth-order valence-electron chi connectivity index (χ4n) is 3.99. The van der Waals surface area contributed by atoms with Gasteiger partial charge in [-0.05, 0) is 55.2 Å². The SMILES string of the molecule is Cc1cc(OCc2n[nH]c(=O)n2C)c(-c2cccc(C(=O)NC3CCCCC3)c2)cc1Cl. The largest absolute Gasteiger partial charge is 0.485 e. The molecule has 0 saturated heterocycles. The fraction of sp³-hybridized carbons (Fsp3) is 0.375. The van der Waals surface area contributed by atoms with E-state index in [1.165, 1.54) is 11.0 Å². The first-order valence-electron chi connectivity index (χ1n) is 10.9. The number of nitrogens with one attached hydrogen (secondary N) is 2. The summed E-state index contributed by atoms with van der Waals surface area (Å²) in [6, 6.07) is 11.4. The minimum absolute atomic E-state index is 0.0639. The summed E-state index contributed by atoms with van der Waals surface area (Å²) in [5.74, 6) is 1.02. The highest BCUT2D eigenvalue weighted by atomic mass is 35.5. The van der Waals surface area contributed by atoms with Crippen molar-refractivity contribution < 1.29 is 9.53 Å². The molecule has 1 saturated carbocycles. The standard InChI is InChI=1S/C24H27ClN4O3/c1-15-11-21(32-14-22-27-28-24(31)29(22)2)19(13-20(15)25)16-7-6-8-17(12-16)23(30)26-18-9-4-3-5-10-18/h6-8,11-13,18H,3-5,9-10,14H2,1-2H3,(H,26,30)(H,28,31). The van der Waals surface area contributed by atoms with Gasteiger partial charge in [-0.25, -0.2) is 9.89 Å². The third-order valence-corrected chi connectivity index (χ3v) is 6.37. The van der Waals surface area contributed by atoms with Gasteiger partial charge in [-0.15, -0.1) is 0 Å². The Bertz CT molecular complexity index is 1180. The van der Waals surface area contributed by atoms with Gasteiger partial charge in [0.2, 0.25) is 0 Å². The zero-order valence-corrected chi connectivity index (χ0v) is 19.0. The Kier molecular flexibility index (Phi) is 6.65. The molecule has 1 amide bonds. The lowest BCUT2D eigenvalue weighted by Crippen LogP contribution is -2.36. The van der Waals surface area contributed by atoms with Gasteiger partial charge in [0.15, 0.2) is 5.82 Å². The molecule has 1 heterocycles. The number of H-pyrrole nitrogens is 1. The fourth-order valence-corrected chi connectivity index (χ4v) is 4.16. The summed E-state index contributed by atoms with van der Waals surface area (Å²) in [6.07, 6.45) is 5.63. The maximum Gasteiger partial charge on any atom is 0.343 e. The van der Waals surface area contributed by atoms with Crippen LogP contribution < -0.4 is 15.7 Å². The van der Waals surface area contributed by atoms with Gasteiger partial charge in [-0.3, -0.25) is 9.36 Å². The number of carbonyl (C=O) groups is 1. The number of ether oxygens (including phenoxy) is 1. The summed E-state index contributed by atoms with van der Waals surface area (Å²) in [5, 5.41) is 10.2. The molecule has 2 N–H and O–H groups in total. The molecule has 1 aliphatic rings. The van der Waals surface area contributed by atoms with Crippen LogP contribution >= 0.6 is 11.6 Å². The zero-order chi connectivity index (χ0) is 22.7. The molecular weight excluding hydrogens is 428 g/mol. The second-order valence-corrected chi connectivity index (χ2v) is 8.69. The van der Waals surface area contributed by atoms with Crippen molar-refractivity contribution in [3.63, 3.8) is 0 Å². The highest BCUT2D eigenvalue weighted by molar-refractivity contribution is 6.31. The maximum atomic E-state index is 12.8. The van der Waals surface area contributed by atoms with Gasteiger partial charge in [0.05, 0.1) is 0 Å². The van der Waals surface area contributed by atoms with Crippen LogP contribution in [0.2, 0.25) is 5.02 Å². The predicted octanol–water partition coefficient (Wildman–Crippen LogP) is 4.38. The number of aromatic amines is 1. The molecule has 1 aliphatic carbocycles. The van der Waals surface area contributed by atoms with Crippen molar-refractivity contribution in [1.29, 1.82) is 0 Å². The van der Waals surface area contributed by atoms with Crippen LogP contribution in [0.25, 0.3) is 11.1 Å². The topological polar surface area (TPSA) is 89.0 Å². The van der Waals surface area contributed by atoms with Crippen LogP contribution in [0.1, 0.15) is 53.8 Å². The van der Waals surface area contributed by atoms with E-state index >= 15 is 0 Å². The van der Waals surface area contributed by atoms with E-state index in [0.717, 1.165) is 42.4 Å². The van der Waals surface area contributed by atoms with Crippen molar-refractivity contribution >= 4 is 17.5 Å². The Balaban J connectivity index is 1.60. The molecular formula is C24H27ClN4O3. The molecule has 3 aromatic rings. The summed E-state index contributed by atoms with van der Waals surface area (Å²) in [5.41, 5.74) is 2.77. The van der Waals surface area contributed by atoms with Gasteiger partial charge in [-0.1, -0.05) is 43.0 Å². The number of carbonyl (C=O) groups excluding carboxylic acids is 1. The minimum Gasteiger partial charge on any atom is -0.485 e. The van der Waals surface area contributed by atoms with E-state index in [4.69, 9.17) is 16.3 Å². The average Bonchev–Trinajstić information content (AvgIpc) is 3.12. The second kappa shape index (κ2) is 9.61. The van der Waals surface area contributed by atoms with Gasteiger partial charge in [-0.2, -0.15) is 5.10 Å². The Morgan fingerprint density at radius 1 is 1.25 bits per heavy atom. The molecule has 32 heavy (non-hydrogen) atoms. The van der Waals surface area contributed by atoms with Crippen LogP contribution in [0.5, 0.6) is 5.75 Å². The lowest BCUT2D eigenvalue weighted by Gasteiger charge is -2.23. The lowest BCUT2D eigenvalue weighted by atomic mass is 9.95. The van der Waals surface area contributed by atoms with Crippen LogP contribution in [-0.2, 0) is 13.7 Å². The third kappa shape index (κ3) is 4.88. The number of hydrogen-bond donors (Lipinski definition) is 2. The number of aromatic nitrogens is 3. The Morgan fingerprint density at radius 2 is 2.03 bits per heavy atom. The Hall–Kier alpha value is -3.06. The number of nitrogens with zero attached hydrogens (tertiary/aromatic N) is 2. The van der Waals surface area contributed by atoms with E-state index in [0.29, 0.717) is 22.2 Å². The van der Waals surface area contributed by atoms with E-state index in [1.54, 1.807) is 7.05 Å². The van der Waals surface area contributed by atoms with Crippen molar-refractivity contribution in [2.24, 2.45) is 7.05 Å². The summed E-state index contributed by atoms with van der Waals surface area (Å²) in [6.45, 7) is 2.02. The maximum absolute atomic E-state index is 12.8. The number of hydrogen-bond acceptors (Lipinski definition) is 4. The molecule has 7 nitrogen and oxygen atoms in total. The lowest BCUT2D eigenvalue weighted by molar-refractivity contribution is 0.0927. The van der Waals surface area contributed by atoms with E-state index < -0.39 is 0 Å². The van der Waals surface area contributed by atoms with Crippen LogP contribution in [0.3, 0.4) is 0 Å². The molecule has 0 aliphatic heterocycles. The van der Waals surface area contributed by atoms with E-state index in [9.17, 15) is 9.59 Å². The van der Waals surface area contributed by atoms with Gasteiger partial charge < -0.3 is 10.1 Å². The molecule has 1 fully saturated rings. The van der Waals surface area contributed by atoms with Crippen LogP contribution in [-0.4, -0.2) is 26.7 Å². The number of amides is 1. The zero-order valence-electron chi connectivity index (χ0n) is 18.3. The summed E-state index contributed by atoms with van der Waals surface area (Å²) in [4.78, 5) is 24.5. The quantitative estimate of drug-likeness (QED) is 0.578. The molecule has 2 aromatic carbocycles. The minimum atomic E-state index is -0.298. The first kappa shape index (κ1) is 22.1. The average molecular weight is 455 g/mol. The monoisotopic (exact) mass is 454 g/mol. The van der Waals surface area contributed by atoms with Crippen LogP contribution in [0.15, 0.2) is 41.2 Å². The summed E-state index contributed by atoms with van der Waals surface area (Å²) in [7, 11) is 1.63. The third-order valence-electron chi connectivity index (χ3n) is 5.97. The highest BCUT2D eigenvalue weighted by Crippen LogP contribution is 2.35. The first-order chi connectivity index (χ1) is 15.4. The number of benzene rings is 2. The molecule has 1 aromatic heterocycles. The molecule has 168 valence electrons. The first-order valence-corrected chi connectivity index (χ1v) is 11.2. The van der Waals surface area contributed by atoms with Crippen molar-refractivity contribution in [1.82, 2.24) is 20.1 Å². The normalized spacial score (nSPS) is 14.3. The smallest absolute Gasteiger partial charge is 0.343 e. The van der Waals surface area contributed by atoms with Crippen LogP contribution in [0, 0.1) is 6.92 Å². The van der Waals surface area contributed by atoms with Crippen molar-refractivity contribution in [2.45, 2.75) is 51.7 Å². The highest BCUT2D eigenvalue weighted by Gasteiger charge is 2.18. The van der Waals surface area contributed by atoms with E-state index in [1.807, 2.05) is 43.3 Å². The number of aryl methyl sites for hydroxylation is 1. The van der Waals surface area contributed by atoms with Crippen molar-refractivity contribution in [3.8, 4) is 16.9 Å². The molecule has 0 bridgehead atoms. The van der Waals surface area contributed by atoms with Gasteiger partial charge in [0.1, 0.15) is 12.4 Å². The van der Waals surface area contributed by atoms with Crippen molar-refractivity contribution in [2.75, 3.05) is 0 Å². The molecule has 0 atom stereocenters. The van der Waals surface area contributed by atoms with Crippen LogP contribution in [0.4, 0.5) is 0 Å². The molecule has 0 unspecified atom stereocenters. The second-order valence-electron chi connectivity index (χ2n) is 8.28. The molecule has 0 radical (unpaired) electrons. The Morgan fingerprint density at radius 3 is 2.75 bits per heavy atom. The predicted molar refractivity (Wildman–Crippen MR) is 124 cm³/mol. The summed E-state index contributed by atoms with van der Waals surface area (Å²) < 4.78 is 7.43. The van der Waals surface area contributed by atoms with E-state index in [-0.39, 0.29) is 24.2 Å².